The van der Waals surface area contributed by atoms with Gasteiger partial charge in [0.2, 0.25) is 0 Å². The number of hydrogen-bond acceptors (Lipinski definition) is 2. The highest BCUT2D eigenvalue weighted by molar-refractivity contribution is 7.25. The van der Waals surface area contributed by atoms with Crippen LogP contribution < -0.4 is 0 Å². The lowest BCUT2D eigenvalue weighted by Gasteiger charge is -2.30. The van der Waals surface area contributed by atoms with Crippen LogP contribution in [0.2, 0.25) is 0 Å². The zero-order valence-corrected chi connectivity index (χ0v) is 13.3. The molecule has 1 nitrogen and oxygen atoms in total. The lowest BCUT2D eigenvalue weighted by Crippen LogP contribution is -2.29. The Kier molecular flexibility index (Phi) is 2.90. The Morgan fingerprint density at radius 1 is 1.00 bits per heavy atom. The number of aliphatic imine (C=N–C) groups is 1. The first-order chi connectivity index (χ1) is 10.1. The second-order valence-electron chi connectivity index (χ2n) is 6.53. The predicted molar refractivity (Wildman–Crippen MR) is 93.8 cm³/mol. The summed E-state index contributed by atoms with van der Waals surface area (Å²) >= 11 is 1.88. The Hall–Kier alpha value is -1.67. The van der Waals surface area contributed by atoms with Crippen molar-refractivity contribution in [2.45, 2.75) is 26.7 Å². The summed E-state index contributed by atoms with van der Waals surface area (Å²) in [6, 6.07) is 15.5. The van der Waals surface area contributed by atoms with Gasteiger partial charge in [-0.15, -0.1) is 11.3 Å². The molecule has 0 unspecified atom stereocenters. The lowest BCUT2D eigenvalue weighted by atomic mass is 9.78. The molecule has 106 valence electrons. The Bertz CT molecular complexity index is 854. The molecule has 0 aliphatic carbocycles. The fourth-order valence-electron chi connectivity index (χ4n) is 3.40. The van der Waals surface area contributed by atoms with Crippen LogP contribution in [0.4, 0.5) is 0 Å². The minimum Gasteiger partial charge on any atom is -0.289 e. The van der Waals surface area contributed by atoms with Crippen molar-refractivity contribution in [2.24, 2.45) is 10.4 Å². The zero-order chi connectivity index (χ0) is 14.4. The van der Waals surface area contributed by atoms with Gasteiger partial charge in [-0.25, -0.2) is 0 Å². The maximum absolute atomic E-state index is 4.83. The molecule has 2 heteroatoms. The SMILES string of the molecule is CC1(C)CCCN=C1c1ccc2c(c1)sc1ccccc12. The van der Waals surface area contributed by atoms with Gasteiger partial charge in [0.25, 0.3) is 0 Å². The van der Waals surface area contributed by atoms with Crippen molar-refractivity contribution in [1.82, 2.24) is 0 Å². The van der Waals surface area contributed by atoms with E-state index in [4.69, 9.17) is 4.99 Å². The average molecular weight is 293 g/mol. The quantitative estimate of drug-likeness (QED) is 0.548. The third-order valence-corrected chi connectivity index (χ3v) is 5.66. The molecule has 0 fully saturated rings. The Morgan fingerprint density at radius 3 is 2.67 bits per heavy atom. The number of thiophene rings is 1. The molecule has 0 saturated heterocycles. The normalized spacial score (nSPS) is 18.1. The van der Waals surface area contributed by atoms with E-state index < -0.39 is 0 Å². The first kappa shape index (κ1) is 13.0. The summed E-state index contributed by atoms with van der Waals surface area (Å²) in [7, 11) is 0. The average Bonchev–Trinajstić information content (AvgIpc) is 2.84. The van der Waals surface area contributed by atoms with E-state index in [2.05, 4.69) is 56.3 Å². The van der Waals surface area contributed by atoms with Gasteiger partial charge >= 0.3 is 0 Å². The summed E-state index contributed by atoms with van der Waals surface area (Å²) in [5.74, 6) is 0. The lowest BCUT2D eigenvalue weighted by molar-refractivity contribution is 0.440. The Labute approximate surface area is 129 Å². The van der Waals surface area contributed by atoms with Gasteiger partial charge in [-0.1, -0.05) is 44.2 Å². The Balaban J connectivity index is 1.91. The van der Waals surface area contributed by atoms with Crippen LogP contribution in [-0.4, -0.2) is 12.3 Å². The smallest absolute Gasteiger partial charge is 0.0477 e. The third-order valence-electron chi connectivity index (χ3n) is 4.52. The van der Waals surface area contributed by atoms with Crippen molar-refractivity contribution in [3.05, 3.63) is 48.0 Å². The van der Waals surface area contributed by atoms with E-state index in [9.17, 15) is 0 Å². The molecule has 0 amide bonds. The number of rotatable bonds is 1. The molecule has 0 atom stereocenters. The molecule has 1 aliphatic rings. The molecule has 21 heavy (non-hydrogen) atoms. The topological polar surface area (TPSA) is 12.4 Å². The molecule has 1 aromatic heterocycles. The summed E-state index contributed by atoms with van der Waals surface area (Å²) in [5, 5.41) is 2.74. The molecular formula is C19H19NS. The summed E-state index contributed by atoms with van der Waals surface area (Å²) in [4.78, 5) is 4.83. The van der Waals surface area contributed by atoms with E-state index in [1.807, 2.05) is 11.3 Å². The van der Waals surface area contributed by atoms with Crippen LogP contribution >= 0.6 is 11.3 Å². The van der Waals surface area contributed by atoms with Gasteiger partial charge < -0.3 is 0 Å². The predicted octanol–water partition coefficient (Wildman–Crippen LogP) is 5.66. The number of hydrogen-bond donors (Lipinski definition) is 0. The first-order valence-electron chi connectivity index (χ1n) is 7.62. The minimum absolute atomic E-state index is 0.197. The van der Waals surface area contributed by atoms with Crippen molar-refractivity contribution in [3.8, 4) is 0 Å². The van der Waals surface area contributed by atoms with Gasteiger partial charge in [0.1, 0.15) is 0 Å². The molecule has 3 aromatic rings. The standard InChI is InChI=1S/C19H19NS/c1-19(2)10-5-11-20-18(19)13-8-9-15-14-6-3-4-7-16(14)21-17(15)12-13/h3-4,6-9,12H,5,10-11H2,1-2H3. The molecule has 0 bridgehead atoms. The van der Waals surface area contributed by atoms with Gasteiger partial charge in [-0.05, 0) is 30.5 Å². The van der Waals surface area contributed by atoms with Crippen LogP contribution in [-0.2, 0) is 0 Å². The van der Waals surface area contributed by atoms with Crippen molar-refractivity contribution >= 4 is 37.2 Å². The first-order valence-corrected chi connectivity index (χ1v) is 8.43. The van der Waals surface area contributed by atoms with E-state index in [1.165, 1.54) is 44.3 Å². The van der Waals surface area contributed by atoms with Gasteiger partial charge in [-0.3, -0.25) is 4.99 Å². The van der Waals surface area contributed by atoms with Gasteiger partial charge in [0.15, 0.2) is 0 Å². The highest BCUT2D eigenvalue weighted by Crippen LogP contribution is 2.37. The Morgan fingerprint density at radius 2 is 1.81 bits per heavy atom. The van der Waals surface area contributed by atoms with E-state index in [1.54, 1.807) is 0 Å². The number of benzene rings is 2. The van der Waals surface area contributed by atoms with Crippen molar-refractivity contribution in [1.29, 1.82) is 0 Å². The van der Waals surface area contributed by atoms with Crippen LogP contribution in [0.3, 0.4) is 0 Å². The molecule has 2 aromatic carbocycles. The maximum atomic E-state index is 4.83. The molecule has 0 spiro atoms. The van der Waals surface area contributed by atoms with E-state index in [-0.39, 0.29) is 5.41 Å². The van der Waals surface area contributed by atoms with Crippen LogP contribution in [0.5, 0.6) is 0 Å². The van der Waals surface area contributed by atoms with E-state index in [0.29, 0.717) is 0 Å². The minimum atomic E-state index is 0.197. The van der Waals surface area contributed by atoms with E-state index >= 15 is 0 Å². The molecule has 0 radical (unpaired) electrons. The summed E-state index contributed by atoms with van der Waals surface area (Å²) in [6.45, 7) is 5.61. The third kappa shape index (κ3) is 2.09. The molecule has 4 rings (SSSR count). The number of fused-ring (bicyclic) bond motifs is 3. The highest BCUT2D eigenvalue weighted by atomic mass is 32.1. The summed E-state index contributed by atoms with van der Waals surface area (Å²) in [5.41, 5.74) is 2.79. The number of nitrogens with zero attached hydrogens (tertiary/aromatic N) is 1. The van der Waals surface area contributed by atoms with Gasteiger partial charge in [0, 0.05) is 37.8 Å². The second-order valence-corrected chi connectivity index (χ2v) is 7.61. The summed E-state index contributed by atoms with van der Waals surface area (Å²) in [6.07, 6.45) is 2.44. The molecular weight excluding hydrogens is 274 g/mol. The van der Waals surface area contributed by atoms with Crippen LogP contribution in [0.25, 0.3) is 20.2 Å². The van der Waals surface area contributed by atoms with Crippen LogP contribution in [0.1, 0.15) is 32.3 Å². The largest absolute Gasteiger partial charge is 0.289 e. The highest BCUT2D eigenvalue weighted by Gasteiger charge is 2.28. The fraction of sp³-hybridized carbons (Fsp3) is 0.316. The van der Waals surface area contributed by atoms with Gasteiger partial charge in [-0.2, -0.15) is 0 Å². The van der Waals surface area contributed by atoms with Gasteiger partial charge in [0.05, 0.1) is 0 Å². The van der Waals surface area contributed by atoms with Crippen LogP contribution in [0, 0.1) is 5.41 Å². The molecule has 0 N–H and O–H groups in total. The molecule has 2 heterocycles. The molecule has 0 saturated carbocycles. The second kappa shape index (κ2) is 4.67. The summed E-state index contributed by atoms with van der Waals surface area (Å²) < 4.78 is 2.74. The van der Waals surface area contributed by atoms with Crippen molar-refractivity contribution < 1.29 is 0 Å². The maximum Gasteiger partial charge on any atom is 0.0477 e. The molecule has 1 aliphatic heterocycles. The van der Waals surface area contributed by atoms with Crippen LogP contribution in [0.15, 0.2) is 47.5 Å². The monoisotopic (exact) mass is 293 g/mol. The van der Waals surface area contributed by atoms with Crippen molar-refractivity contribution in [3.63, 3.8) is 0 Å². The van der Waals surface area contributed by atoms with Crippen molar-refractivity contribution in [2.75, 3.05) is 6.54 Å². The van der Waals surface area contributed by atoms with E-state index in [0.717, 1.165) is 6.54 Å². The fourth-order valence-corrected chi connectivity index (χ4v) is 4.54. The zero-order valence-electron chi connectivity index (χ0n) is 12.5.